The molecular weight excluding hydrogens is 430 g/mol. The largest absolute Gasteiger partial charge is 0.507 e. The molecule has 7 nitrogen and oxygen atoms in total. The summed E-state index contributed by atoms with van der Waals surface area (Å²) in [5.74, 6) is -0.579. The molecular formula is C27H29N3O4. The van der Waals surface area contributed by atoms with Gasteiger partial charge >= 0.3 is 0 Å². The molecule has 1 N–H and O–H groups in total. The van der Waals surface area contributed by atoms with Gasteiger partial charge in [0.05, 0.1) is 25.1 Å². The summed E-state index contributed by atoms with van der Waals surface area (Å²) in [6.07, 6.45) is 5.93. The molecule has 0 saturated carbocycles. The number of amides is 1. The van der Waals surface area contributed by atoms with Gasteiger partial charge in [-0.15, -0.1) is 0 Å². The van der Waals surface area contributed by atoms with Crippen LogP contribution in [0.5, 0.6) is 5.75 Å². The van der Waals surface area contributed by atoms with Crippen LogP contribution >= 0.6 is 0 Å². The van der Waals surface area contributed by atoms with Crippen molar-refractivity contribution in [1.29, 1.82) is 0 Å². The van der Waals surface area contributed by atoms with Gasteiger partial charge in [-0.3, -0.25) is 9.59 Å². The number of aromatic nitrogens is 2. The Morgan fingerprint density at radius 3 is 2.53 bits per heavy atom. The Hall–Kier alpha value is -3.87. The molecule has 1 aromatic heterocycles. The molecule has 0 spiro atoms. The van der Waals surface area contributed by atoms with Gasteiger partial charge < -0.3 is 19.3 Å². The summed E-state index contributed by atoms with van der Waals surface area (Å²) >= 11 is 0. The number of carbonyl (C=O) groups excluding carboxylic acids is 2. The number of likely N-dealkylation sites (tertiary alicyclic amines) is 1. The van der Waals surface area contributed by atoms with Crippen LogP contribution in [0.3, 0.4) is 0 Å². The summed E-state index contributed by atoms with van der Waals surface area (Å²) in [6.45, 7) is 5.26. The predicted molar refractivity (Wildman–Crippen MR) is 129 cm³/mol. The molecule has 0 radical (unpaired) electrons. The molecule has 0 aliphatic carbocycles. The minimum absolute atomic E-state index is 0.0955. The Kier molecular flexibility index (Phi) is 6.82. The van der Waals surface area contributed by atoms with E-state index >= 15 is 0 Å². The molecule has 2 heterocycles. The molecule has 1 saturated heterocycles. The number of aryl methyl sites for hydroxylation is 1. The topological polar surface area (TPSA) is 84.7 Å². The molecule has 0 bridgehead atoms. The average molecular weight is 460 g/mol. The van der Waals surface area contributed by atoms with Gasteiger partial charge in [-0.25, -0.2) is 4.98 Å². The first kappa shape index (κ1) is 23.3. The monoisotopic (exact) mass is 459 g/mol. The smallest absolute Gasteiger partial charge is 0.295 e. The van der Waals surface area contributed by atoms with Crippen LogP contribution < -0.4 is 4.74 Å². The lowest BCUT2D eigenvalue weighted by Gasteiger charge is -2.26. The summed E-state index contributed by atoms with van der Waals surface area (Å²) in [4.78, 5) is 31.9. The molecule has 7 heteroatoms. The molecule has 1 fully saturated rings. The zero-order valence-electron chi connectivity index (χ0n) is 19.6. The zero-order chi connectivity index (χ0) is 24.2. The molecule has 1 aliphatic heterocycles. The highest BCUT2D eigenvalue weighted by Gasteiger charge is 2.45. The fourth-order valence-corrected chi connectivity index (χ4v) is 4.29. The number of methoxy groups -OCH3 is 1. The number of ketones is 1. The van der Waals surface area contributed by atoms with Crippen LogP contribution in [0.1, 0.15) is 48.9 Å². The highest BCUT2D eigenvalue weighted by atomic mass is 16.5. The van der Waals surface area contributed by atoms with Crippen molar-refractivity contribution in [2.24, 2.45) is 0 Å². The maximum absolute atomic E-state index is 13.2. The molecule has 34 heavy (non-hydrogen) atoms. The summed E-state index contributed by atoms with van der Waals surface area (Å²) < 4.78 is 7.20. The van der Waals surface area contributed by atoms with E-state index < -0.39 is 17.7 Å². The highest BCUT2D eigenvalue weighted by Crippen LogP contribution is 2.40. The van der Waals surface area contributed by atoms with Crippen LogP contribution in [0, 0.1) is 0 Å². The molecule has 1 unspecified atom stereocenters. The van der Waals surface area contributed by atoms with Crippen molar-refractivity contribution in [3.8, 4) is 5.75 Å². The molecule has 1 atom stereocenters. The lowest BCUT2D eigenvalue weighted by atomic mass is 9.93. The van der Waals surface area contributed by atoms with Crippen LogP contribution in [-0.2, 0) is 16.1 Å². The second-order valence-electron chi connectivity index (χ2n) is 8.70. The third-order valence-electron chi connectivity index (χ3n) is 6.18. The molecule has 2 aromatic carbocycles. The number of aliphatic hydroxyl groups is 1. The number of hydrogen-bond acceptors (Lipinski definition) is 5. The van der Waals surface area contributed by atoms with E-state index in [-0.39, 0.29) is 11.3 Å². The maximum Gasteiger partial charge on any atom is 0.295 e. The van der Waals surface area contributed by atoms with Gasteiger partial charge in [-0.1, -0.05) is 50.2 Å². The summed E-state index contributed by atoms with van der Waals surface area (Å²) in [5, 5.41) is 11.2. The first-order valence-electron chi connectivity index (χ1n) is 11.4. The van der Waals surface area contributed by atoms with Gasteiger partial charge in [0.1, 0.15) is 11.5 Å². The lowest BCUT2D eigenvalue weighted by molar-refractivity contribution is -0.139. The first-order valence-corrected chi connectivity index (χ1v) is 11.4. The van der Waals surface area contributed by atoms with Crippen LogP contribution in [0.15, 0.2) is 72.8 Å². The van der Waals surface area contributed by atoms with E-state index in [1.54, 1.807) is 41.7 Å². The van der Waals surface area contributed by atoms with Gasteiger partial charge in [-0.05, 0) is 35.6 Å². The zero-order valence-corrected chi connectivity index (χ0v) is 19.6. The van der Waals surface area contributed by atoms with Gasteiger partial charge in [0, 0.05) is 31.0 Å². The third-order valence-corrected chi connectivity index (χ3v) is 6.18. The van der Waals surface area contributed by atoms with E-state index in [9.17, 15) is 14.7 Å². The lowest BCUT2D eigenvalue weighted by Crippen LogP contribution is -2.31. The number of imidazole rings is 1. The normalized spacial score (nSPS) is 17.5. The van der Waals surface area contributed by atoms with Gasteiger partial charge in [0.15, 0.2) is 0 Å². The summed E-state index contributed by atoms with van der Waals surface area (Å²) in [7, 11) is 1.54. The SMILES string of the molecule is COc1cccc(/C(O)=C2/C(=O)C(=O)N(CCCn3ccnc3)C2c2ccc(C(C)C)cc2)c1. The minimum atomic E-state index is -0.680. The summed E-state index contributed by atoms with van der Waals surface area (Å²) in [6, 6.07) is 14.1. The quantitative estimate of drug-likeness (QED) is 0.304. The van der Waals surface area contributed by atoms with Crippen LogP contribution in [0.25, 0.3) is 5.76 Å². The van der Waals surface area contributed by atoms with Crippen molar-refractivity contribution in [1.82, 2.24) is 14.5 Å². The van der Waals surface area contributed by atoms with Gasteiger partial charge in [0.25, 0.3) is 11.7 Å². The predicted octanol–water partition coefficient (Wildman–Crippen LogP) is 4.53. The van der Waals surface area contributed by atoms with E-state index in [2.05, 4.69) is 18.8 Å². The molecule has 1 amide bonds. The van der Waals surface area contributed by atoms with Crippen molar-refractivity contribution in [2.75, 3.05) is 13.7 Å². The molecule has 176 valence electrons. The Morgan fingerprint density at radius 1 is 1.12 bits per heavy atom. The van der Waals surface area contributed by atoms with Crippen LogP contribution in [-0.4, -0.2) is 44.9 Å². The standard InChI is InChI=1S/C27H29N3O4/c1-18(2)19-8-10-20(11-9-19)24-23(25(31)21-6-4-7-22(16-21)34-3)26(32)27(33)30(24)14-5-13-29-15-12-28-17-29/h4,6-12,15-18,24,31H,5,13-14H2,1-3H3/b25-23-. The van der Waals surface area contributed by atoms with Crippen LogP contribution in [0.2, 0.25) is 0 Å². The van der Waals surface area contributed by atoms with Crippen molar-refractivity contribution in [3.05, 3.63) is 89.5 Å². The Bertz CT molecular complexity index is 1200. The first-order chi connectivity index (χ1) is 16.4. The van der Waals surface area contributed by atoms with Crippen molar-refractivity contribution in [2.45, 2.75) is 38.8 Å². The van der Waals surface area contributed by atoms with E-state index in [1.165, 1.54) is 7.11 Å². The minimum Gasteiger partial charge on any atom is -0.507 e. The number of rotatable bonds is 8. The van der Waals surface area contributed by atoms with E-state index in [4.69, 9.17) is 4.74 Å². The second-order valence-corrected chi connectivity index (χ2v) is 8.70. The summed E-state index contributed by atoms with van der Waals surface area (Å²) in [5.41, 5.74) is 2.47. The Balaban J connectivity index is 1.74. The van der Waals surface area contributed by atoms with E-state index in [0.717, 1.165) is 11.1 Å². The Morgan fingerprint density at radius 2 is 1.88 bits per heavy atom. The number of nitrogens with zero attached hydrogens (tertiary/aromatic N) is 3. The number of benzene rings is 2. The number of ether oxygens (including phenoxy) is 1. The molecule has 1 aliphatic rings. The van der Waals surface area contributed by atoms with E-state index in [0.29, 0.717) is 36.7 Å². The van der Waals surface area contributed by atoms with Crippen molar-refractivity contribution in [3.63, 3.8) is 0 Å². The number of aliphatic hydroxyl groups excluding tert-OH is 1. The molecule has 3 aromatic rings. The van der Waals surface area contributed by atoms with Gasteiger partial charge in [-0.2, -0.15) is 0 Å². The average Bonchev–Trinajstić information content (AvgIpc) is 3.46. The van der Waals surface area contributed by atoms with Crippen molar-refractivity contribution < 1.29 is 19.4 Å². The number of hydrogen-bond donors (Lipinski definition) is 1. The maximum atomic E-state index is 13.2. The third kappa shape index (κ3) is 4.59. The van der Waals surface area contributed by atoms with Crippen LogP contribution in [0.4, 0.5) is 0 Å². The van der Waals surface area contributed by atoms with E-state index in [1.807, 2.05) is 35.0 Å². The highest BCUT2D eigenvalue weighted by molar-refractivity contribution is 6.46. The van der Waals surface area contributed by atoms with Crippen molar-refractivity contribution >= 4 is 17.4 Å². The molecule has 4 rings (SSSR count). The Labute approximate surface area is 199 Å². The number of carbonyl (C=O) groups is 2. The number of Topliss-reactive ketones (excluding diaryl/α,β-unsaturated/α-hetero) is 1. The van der Waals surface area contributed by atoms with Gasteiger partial charge in [0.2, 0.25) is 0 Å². The second kappa shape index (κ2) is 9.95. The fourth-order valence-electron chi connectivity index (χ4n) is 4.29. The fraction of sp³-hybridized carbons (Fsp3) is 0.296.